The molecule has 0 saturated heterocycles. The Bertz CT molecular complexity index is 663. The van der Waals surface area contributed by atoms with Gasteiger partial charge in [-0.25, -0.2) is 0 Å². The van der Waals surface area contributed by atoms with Crippen molar-refractivity contribution in [1.82, 2.24) is 9.61 Å². The fraction of sp³-hybridized carbons (Fsp3) is 0.273. The zero-order valence-electron chi connectivity index (χ0n) is 9.91. The number of halogens is 5. The topological polar surface area (TPSA) is 43.6 Å². The Morgan fingerprint density at radius 2 is 1.90 bits per heavy atom. The van der Waals surface area contributed by atoms with E-state index in [1.807, 2.05) is 0 Å². The van der Waals surface area contributed by atoms with Crippen LogP contribution in [0.4, 0.5) is 22.0 Å². The van der Waals surface area contributed by atoms with Crippen LogP contribution in [0, 0.1) is 0 Å². The van der Waals surface area contributed by atoms with Gasteiger partial charge in [-0.15, -0.1) is 0 Å². The maximum atomic E-state index is 13.2. The van der Waals surface area contributed by atoms with Crippen LogP contribution in [0.3, 0.4) is 0 Å². The average Bonchev–Trinajstić information content (AvgIpc) is 2.81. The molecule has 2 aromatic rings. The van der Waals surface area contributed by atoms with Gasteiger partial charge in [0.05, 0.1) is 12.6 Å². The van der Waals surface area contributed by atoms with Gasteiger partial charge in [-0.05, 0) is 12.1 Å². The molecule has 0 amide bonds. The average molecular weight is 294 g/mol. The fourth-order valence-electron chi connectivity index (χ4n) is 1.62. The zero-order valence-corrected chi connectivity index (χ0v) is 9.91. The van der Waals surface area contributed by atoms with E-state index in [2.05, 4.69) is 5.10 Å². The lowest BCUT2D eigenvalue weighted by atomic mass is 10.2. The molecule has 0 radical (unpaired) electrons. The first-order valence-electron chi connectivity index (χ1n) is 5.19. The molecular formula is C11H7F5N2O2. The quantitative estimate of drug-likeness (QED) is 0.646. The van der Waals surface area contributed by atoms with E-state index >= 15 is 0 Å². The molecule has 0 aliphatic heterocycles. The van der Waals surface area contributed by atoms with Crippen molar-refractivity contribution >= 4 is 11.8 Å². The highest BCUT2D eigenvalue weighted by atomic mass is 19.4. The van der Waals surface area contributed by atoms with Gasteiger partial charge in [0.1, 0.15) is 5.69 Å². The van der Waals surface area contributed by atoms with Crippen molar-refractivity contribution in [3.05, 3.63) is 29.5 Å². The van der Waals surface area contributed by atoms with Crippen molar-refractivity contribution < 1.29 is 31.5 Å². The van der Waals surface area contributed by atoms with E-state index in [0.717, 1.165) is 4.52 Å². The largest absolute Gasteiger partial charge is 0.481 e. The Morgan fingerprint density at radius 1 is 1.25 bits per heavy atom. The summed E-state index contributed by atoms with van der Waals surface area (Å²) in [5, 5.41) is 3.19. The summed E-state index contributed by atoms with van der Waals surface area (Å²) in [5.74, 6) is -5.20. The molecule has 0 atom stereocenters. The van der Waals surface area contributed by atoms with Crippen LogP contribution in [-0.4, -0.2) is 29.2 Å². The second kappa shape index (κ2) is 4.43. The molecule has 2 rings (SSSR count). The molecule has 0 aliphatic carbocycles. The SMILES string of the molecule is COc1ccc(C=O)c2cc(C(F)(F)C(F)(F)F)nn12. The fourth-order valence-corrected chi connectivity index (χ4v) is 1.62. The number of methoxy groups -OCH3 is 1. The molecule has 9 heteroatoms. The van der Waals surface area contributed by atoms with Crippen molar-refractivity contribution in [1.29, 1.82) is 0 Å². The minimum absolute atomic E-state index is 0.0742. The molecule has 0 bridgehead atoms. The molecule has 0 unspecified atom stereocenters. The third-order valence-electron chi connectivity index (χ3n) is 2.63. The number of carbonyl (C=O) groups excluding carboxylic acids is 1. The third-order valence-corrected chi connectivity index (χ3v) is 2.63. The van der Waals surface area contributed by atoms with Crippen molar-refractivity contribution in [2.75, 3.05) is 7.11 Å². The summed E-state index contributed by atoms with van der Waals surface area (Å²) in [6.45, 7) is 0. The van der Waals surface area contributed by atoms with Gasteiger partial charge in [0, 0.05) is 11.6 Å². The number of hydrogen-bond donors (Lipinski definition) is 0. The first kappa shape index (κ1) is 14.2. The van der Waals surface area contributed by atoms with Crippen LogP contribution in [0.2, 0.25) is 0 Å². The molecule has 2 heterocycles. The normalized spacial score (nSPS) is 12.7. The maximum Gasteiger partial charge on any atom is 0.459 e. The van der Waals surface area contributed by atoms with E-state index in [4.69, 9.17) is 4.74 Å². The minimum atomic E-state index is -5.78. The molecule has 2 aromatic heterocycles. The van der Waals surface area contributed by atoms with Crippen molar-refractivity contribution in [3.63, 3.8) is 0 Å². The number of aldehydes is 1. The molecule has 0 N–H and O–H groups in total. The van der Waals surface area contributed by atoms with Crippen LogP contribution in [0.25, 0.3) is 5.52 Å². The molecule has 4 nitrogen and oxygen atoms in total. The van der Waals surface area contributed by atoms with Crippen molar-refractivity contribution in [2.45, 2.75) is 12.1 Å². The van der Waals surface area contributed by atoms with Gasteiger partial charge in [-0.3, -0.25) is 4.79 Å². The number of rotatable bonds is 3. The molecular weight excluding hydrogens is 287 g/mol. The Hall–Kier alpha value is -2.19. The number of aromatic nitrogens is 2. The number of ether oxygens (including phenoxy) is 1. The van der Waals surface area contributed by atoms with Gasteiger partial charge < -0.3 is 4.74 Å². The highest BCUT2D eigenvalue weighted by molar-refractivity contribution is 5.86. The smallest absolute Gasteiger partial charge is 0.459 e. The van der Waals surface area contributed by atoms with E-state index in [0.29, 0.717) is 12.4 Å². The minimum Gasteiger partial charge on any atom is -0.481 e. The van der Waals surface area contributed by atoms with Gasteiger partial charge in [0.15, 0.2) is 6.29 Å². The Morgan fingerprint density at radius 3 is 2.40 bits per heavy atom. The molecule has 0 saturated carbocycles. The highest BCUT2D eigenvalue weighted by Crippen LogP contribution is 2.43. The van der Waals surface area contributed by atoms with Gasteiger partial charge >= 0.3 is 12.1 Å². The number of alkyl halides is 5. The lowest BCUT2D eigenvalue weighted by Gasteiger charge is -2.16. The van der Waals surface area contributed by atoms with Gasteiger partial charge in [-0.1, -0.05) is 0 Å². The predicted molar refractivity (Wildman–Crippen MR) is 57.1 cm³/mol. The predicted octanol–water partition coefficient (Wildman–Crippen LogP) is 2.81. The van der Waals surface area contributed by atoms with Crippen molar-refractivity contribution in [2.24, 2.45) is 0 Å². The van der Waals surface area contributed by atoms with E-state index in [1.165, 1.54) is 19.2 Å². The molecule has 20 heavy (non-hydrogen) atoms. The summed E-state index contributed by atoms with van der Waals surface area (Å²) in [5.41, 5.74) is -1.78. The number of hydrogen-bond acceptors (Lipinski definition) is 3. The summed E-state index contributed by atoms with van der Waals surface area (Å²) < 4.78 is 68.9. The van der Waals surface area contributed by atoms with E-state index in [-0.39, 0.29) is 17.0 Å². The highest BCUT2D eigenvalue weighted by Gasteiger charge is 2.60. The molecule has 0 aromatic carbocycles. The monoisotopic (exact) mass is 294 g/mol. The summed E-state index contributed by atoms with van der Waals surface area (Å²) in [6, 6.07) is 2.98. The summed E-state index contributed by atoms with van der Waals surface area (Å²) in [6.07, 6.45) is -5.45. The molecule has 0 aliphatic rings. The number of pyridine rings is 1. The standard InChI is InChI=1S/C11H7F5N2O2/c1-20-9-3-2-6(5-19)7-4-8(17-18(7)9)10(12,13)11(14,15)16/h2-5H,1H3. The summed E-state index contributed by atoms with van der Waals surface area (Å²) in [7, 11) is 1.19. The lowest BCUT2D eigenvalue weighted by molar-refractivity contribution is -0.291. The number of fused-ring (bicyclic) bond motifs is 1. The molecule has 0 fully saturated rings. The maximum absolute atomic E-state index is 13.2. The Labute approximate surface area is 108 Å². The first-order valence-corrected chi connectivity index (χ1v) is 5.19. The number of carbonyl (C=O) groups is 1. The Kier molecular flexibility index (Phi) is 3.15. The summed E-state index contributed by atoms with van der Waals surface area (Å²) in [4.78, 5) is 10.8. The molecule has 0 spiro atoms. The van der Waals surface area contributed by atoms with E-state index in [9.17, 15) is 26.7 Å². The van der Waals surface area contributed by atoms with Gasteiger partial charge in [0.25, 0.3) is 0 Å². The third kappa shape index (κ3) is 1.98. The van der Waals surface area contributed by atoms with E-state index in [1.54, 1.807) is 0 Å². The van der Waals surface area contributed by atoms with Crippen LogP contribution < -0.4 is 4.74 Å². The Balaban J connectivity index is 2.73. The van der Waals surface area contributed by atoms with Crippen LogP contribution in [0.1, 0.15) is 16.1 Å². The summed E-state index contributed by atoms with van der Waals surface area (Å²) >= 11 is 0. The zero-order chi connectivity index (χ0) is 15.1. The second-order valence-electron chi connectivity index (χ2n) is 3.85. The van der Waals surface area contributed by atoms with Gasteiger partial charge in [-0.2, -0.15) is 31.6 Å². The van der Waals surface area contributed by atoms with Crippen molar-refractivity contribution in [3.8, 4) is 5.88 Å². The number of nitrogens with zero attached hydrogens (tertiary/aromatic N) is 2. The first-order chi connectivity index (χ1) is 9.22. The molecule has 108 valence electrons. The van der Waals surface area contributed by atoms with Crippen LogP contribution in [0.15, 0.2) is 18.2 Å². The second-order valence-corrected chi connectivity index (χ2v) is 3.85. The van der Waals surface area contributed by atoms with Gasteiger partial charge in [0.2, 0.25) is 5.88 Å². The van der Waals surface area contributed by atoms with Crippen LogP contribution >= 0.6 is 0 Å². The van der Waals surface area contributed by atoms with Crippen LogP contribution in [0.5, 0.6) is 5.88 Å². The lowest BCUT2D eigenvalue weighted by Crippen LogP contribution is -2.34. The van der Waals surface area contributed by atoms with E-state index < -0.39 is 17.8 Å². The van der Waals surface area contributed by atoms with Crippen LogP contribution in [-0.2, 0) is 5.92 Å².